The SMILES string of the molecule is O=C(Nc1cccc(CNC(=O)c2cn[nH]c2-c2ccccc2)c1)c1cccc(F)c1. The third-order valence-corrected chi connectivity index (χ3v) is 4.67. The van der Waals surface area contributed by atoms with Gasteiger partial charge in [-0.3, -0.25) is 14.7 Å². The van der Waals surface area contributed by atoms with Crippen molar-refractivity contribution < 1.29 is 14.0 Å². The van der Waals surface area contributed by atoms with Gasteiger partial charge in [-0.1, -0.05) is 48.5 Å². The molecule has 1 aromatic heterocycles. The molecule has 3 aromatic carbocycles. The lowest BCUT2D eigenvalue weighted by molar-refractivity contribution is 0.0950. The van der Waals surface area contributed by atoms with E-state index in [1.165, 1.54) is 30.5 Å². The van der Waals surface area contributed by atoms with Gasteiger partial charge in [-0.15, -0.1) is 0 Å². The number of hydrogen-bond donors (Lipinski definition) is 3. The van der Waals surface area contributed by atoms with E-state index in [0.29, 0.717) is 16.9 Å². The smallest absolute Gasteiger partial charge is 0.255 e. The summed E-state index contributed by atoms with van der Waals surface area (Å²) in [7, 11) is 0. The number of nitrogens with one attached hydrogen (secondary N) is 3. The molecule has 0 fully saturated rings. The van der Waals surface area contributed by atoms with Crippen LogP contribution in [0.1, 0.15) is 26.3 Å². The molecule has 3 N–H and O–H groups in total. The number of amides is 2. The maximum Gasteiger partial charge on any atom is 0.255 e. The summed E-state index contributed by atoms with van der Waals surface area (Å²) >= 11 is 0. The Kier molecular flexibility index (Phi) is 5.84. The lowest BCUT2D eigenvalue weighted by Crippen LogP contribution is -2.23. The van der Waals surface area contributed by atoms with E-state index in [9.17, 15) is 14.0 Å². The number of halogens is 1. The van der Waals surface area contributed by atoms with E-state index in [0.717, 1.165) is 11.1 Å². The Balaban J connectivity index is 1.42. The zero-order valence-electron chi connectivity index (χ0n) is 16.4. The van der Waals surface area contributed by atoms with Gasteiger partial charge in [0.05, 0.1) is 17.5 Å². The summed E-state index contributed by atoms with van der Waals surface area (Å²) < 4.78 is 13.3. The van der Waals surface area contributed by atoms with Crippen LogP contribution < -0.4 is 10.6 Å². The van der Waals surface area contributed by atoms with Gasteiger partial charge in [-0.2, -0.15) is 5.10 Å². The normalized spacial score (nSPS) is 10.5. The Hall–Kier alpha value is -4.26. The zero-order valence-corrected chi connectivity index (χ0v) is 16.4. The van der Waals surface area contributed by atoms with Crippen molar-refractivity contribution in [2.75, 3.05) is 5.32 Å². The van der Waals surface area contributed by atoms with Gasteiger partial charge in [-0.05, 0) is 35.9 Å². The minimum absolute atomic E-state index is 0.229. The van der Waals surface area contributed by atoms with Gasteiger partial charge < -0.3 is 10.6 Å². The van der Waals surface area contributed by atoms with Crippen LogP contribution in [-0.4, -0.2) is 22.0 Å². The summed E-state index contributed by atoms with van der Waals surface area (Å²) in [6.07, 6.45) is 1.49. The molecule has 2 amide bonds. The van der Waals surface area contributed by atoms with Crippen LogP contribution in [0.15, 0.2) is 85.1 Å². The van der Waals surface area contributed by atoms with Gasteiger partial charge in [0.1, 0.15) is 5.82 Å². The highest BCUT2D eigenvalue weighted by molar-refractivity contribution is 6.04. The molecule has 6 nitrogen and oxygen atoms in total. The predicted octanol–water partition coefficient (Wildman–Crippen LogP) is 4.40. The number of rotatable bonds is 6. The highest BCUT2D eigenvalue weighted by atomic mass is 19.1. The molecule has 0 aliphatic heterocycles. The third-order valence-electron chi connectivity index (χ3n) is 4.67. The van der Waals surface area contributed by atoms with E-state index in [4.69, 9.17) is 0 Å². The molecular formula is C24H19FN4O2. The van der Waals surface area contributed by atoms with Gasteiger partial charge >= 0.3 is 0 Å². The molecule has 4 aromatic rings. The highest BCUT2D eigenvalue weighted by Gasteiger charge is 2.15. The summed E-state index contributed by atoms with van der Waals surface area (Å²) in [6.45, 7) is 0.266. The summed E-state index contributed by atoms with van der Waals surface area (Å²) in [6, 6.07) is 22.1. The fourth-order valence-corrected chi connectivity index (χ4v) is 3.15. The van der Waals surface area contributed by atoms with Crippen molar-refractivity contribution in [1.29, 1.82) is 0 Å². The van der Waals surface area contributed by atoms with Crippen LogP contribution in [0.25, 0.3) is 11.3 Å². The zero-order chi connectivity index (χ0) is 21.6. The summed E-state index contributed by atoms with van der Waals surface area (Å²) in [5.41, 5.74) is 3.54. The summed E-state index contributed by atoms with van der Waals surface area (Å²) in [4.78, 5) is 25.0. The lowest BCUT2D eigenvalue weighted by Gasteiger charge is -2.09. The van der Waals surface area contributed by atoms with Crippen molar-refractivity contribution in [3.05, 3.63) is 108 Å². The Morgan fingerprint density at radius 3 is 2.52 bits per heavy atom. The average molecular weight is 414 g/mol. The number of carbonyl (C=O) groups is 2. The first kappa shape index (κ1) is 20.0. The van der Waals surface area contributed by atoms with E-state index >= 15 is 0 Å². The number of aromatic amines is 1. The van der Waals surface area contributed by atoms with Crippen LogP contribution in [0.5, 0.6) is 0 Å². The Bertz CT molecular complexity index is 1220. The summed E-state index contributed by atoms with van der Waals surface area (Å²) in [5, 5.41) is 12.5. The fraction of sp³-hybridized carbons (Fsp3) is 0.0417. The van der Waals surface area contributed by atoms with E-state index in [-0.39, 0.29) is 18.0 Å². The fourth-order valence-electron chi connectivity index (χ4n) is 3.15. The monoisotopic (exact) mass is 414 g/mol. The molecule has 0 atom stereocenters. The number of aromatic nitrogens is 2. The second-order valence-corrected chi connectivity index (χ2v) is 6.87. The molecule has 7 heteroatoms. The van der Waals surface area contributed by atoms with Crippen LogP contribution in [0.3, 0.4) is 0 Å². The van der Waals surface area contributed by atoms with Gasteiger partial charge in [0, 0.05) is 23.4 Å². The Morgan fingerprint density at radius 1 is 0.903 bits per heavy atom. The summed E-state index contributed by atoms with van der Waals surface area (Å²) in [5.74, 6) is -1.15. The van der Waals surface area contributed by atoms with Crippen molar-refractivity contribution in [1.82, 2.24) is 15.5 Å². The van der Waals surface area contributed by atoms with Crippen LogP contribution in [0.2, 0.25) is 0 Å². The molecule has 31 heavy (non-hydrogen) atoms. The predicted molar refractivity (Wildman–Crippen MR) is 116 cm³/mol. The topological polar surface area (TPSA) is 86.9 Å². The number of carbonyl (C=O) groups excluding carboxylic acids is 2. The van der Waals surface area contributed by atoms with E-state index in [2.05, 4.69) is 20.8 Å². The molecule has 0 saturated heterocycles. The van der Waals surface area contributed by atoms with Crippen molar-refractivity contribution >= 4 is 17.5 Å². The molecule has 0 unspecified atom stereocenters. The molecule has 0 bridgehead atoms. The average Bonchev–Trinajstić information content (AvgIpc) is 3.28. The number of anilines is 1. The third kappa shape index (κ3) is 4.84. The molecule has 0 aliphatic rings. The Labute approximate surface area is 178 Å². The van der Waals surface area contributed by atoms with Crippen LogP contribution in [0, 0.1) is 5.82 Å². The second-order valence-electron chi connectivity index (χ2n) is 6.87. The van der Waals surface area contributed by atoms with Gasteiger partial charge in [-0.25, -0.2) is 4.39 Å². The minimum Gasteiger partial charge on any atom is -0.348 e. The Morgan fingerprint density at radius 2 is 1.71 bits per heavy atom. The van der Waals surface area contributed by atoms with Gasteiger partial charge in [0.25, 0.3) is 11.8 Å². The molecular weight excluding hydrogens is 395 g/mol. The molecule has 0 aliphatic carbocycles. The molecule has 0 spiro atoms. The van der Waals surface area contributed by atoms with Gasteiger partial charge in [0.15, 0.2) is 0 Å². The molecule has 1 heterocycles. The van der Waals surface area contributed by atoms with Crippen molar-refractivity contribution in [3.63, 3.8) is 0 Å². The lowest BCUT2D eigenvalue weighted by atomic mass is 10.1. The van der Waals surface area contributed by atoms with Crippen LogP contribution >= 0.6 is 0 Å². The van der Waals surface area contributed by atoms with E-state index in [1.807, 2.05) is 36.4 Å². The number of hydrogen-bond acceptors (Lipinski definition) is 3. The van der Waals surface area contributed by atoms with Crippen molar-refractivity contribution in [2.24, 2.45) is 0 Å². The first-order chi connectivity index (χ1) is 15.1. The molecule has 4 rings (SSSR count). The maximum absolute atomic E-state index is 13.3. The largest absolute Gasteiger partial charge is 0.348 e. The first-order valence-electron chi connectivity index (χ1n) is 9.63. The molecule has 0 radical (unpaired) electrons. The van der Waals surface area contributed by atoms with Gasteiger partial charge in [0.2, 0.25) is 0 Å². The van der Waals surface area contributed by atoms with E-state index < -0.39 is 11.7 Å². The standard InChI is InChI=1S/C24H19FN4O2/c25-19-10-5-9-18(13-19)23(30)28-20-11-4-6-16(12-20)14-26-24(31)21-15-27-29-22(21)17-7-2-1-3-8-17/h1-13,15H,14H2,(H,26,31)(H,27,29)(H,28,30). The highest BCUT2D eigenvalue weighted by Crippen LogP contribution is 2.20. The van der Waals surface area contributed by atoms with E-state index in [1.54, 1.807) is 18.2 Å². The van der Waals surface area contributed by atoms with Crippen molar-refractivity contribution in [2.45, 2.75) is 6.54 Å². The number of nitrogens with zero attached hydrogens (tertiary/aromatic N) is 1. The van der Waals surface area contributed by atoms with Crippen LogP contribution in [-0.2, 0) is 6.54 Å². The first-order valence-corrected chi connectivity index (χ1v) is 9.63. The number of benzene rings is 3. The second kappa shape index (κ2) is 9.04. The van der Waals surface area contributed by atoms with Crippen LogP contribution in [0.4, 0.5) is 10.1 Å². The molecule has 154 valence electrons. The quantitative estimate of drug-likeness (QED) is 0.437. The number of H-pyrrole nitrogens is 1. The van der Waals surface area contributed by atoms with Crippen molar-refractivity contribution in [3.8, 4) is 11.3 Å². The minimum atomic E-state index is -0.474. The maximum atomic E-state index is 13.3. The molecule has 0 saturated carbocycles.